The van der Waals surface area contributed by atoms with Crippen LogP contribution in [0.25, 0.3) is 5.70 Å². The highest BCUT2D eigenvalue weighted by atomic mass is 19.1. The molecule has 23 heavy (non-hydrogen) atoms. The molecule has 0 radical (unpaired) electrons. The number of aryl methyl sites for hydroxylation is 1. The smallest absolute Gasteiger partial charge is 0.166 e. The summed E-state index contributed by atoms with van der Waals surface area (Å²) < 4.78 is 13.6. The monoisotopic (exact) mass is 313 g/mol. The molecule has 0 unspecified atom stereocenters. The van der Waals surface area contributed by atoms with Crippen LogP contribution in [-0.4, -0.2) is 17.7 Å². The molecule has 1 aromatic carbocycles. The van der Waals surface area contributed by atoms with Crippen LogP contribution in [0.5, 0.6) is 0 Å². The summed E-state index contributed by atoms with van der Waals surface area (Å²) in [6.07, 6.45) is 0. The number of benzene rings is 1. The van der Waals surface area contributed by atoms with Crippen molar-refractivity contribution in [2.75, 3.05) is 18.1 Å². The quantitative estimate of drug-likeness (QED) is 0.756. The standard InChI is InChI=1S/C17H20FN5/c1-9-5-6-12(7-13(9)11(3)21-4)22-17-14(10(2)19)8-15(18)16(20)23-17/h5-8H,2,19H2,1,3-4H3,(H3,20,22,23). The van der Waals surface area contributed by atoms with E-state index >= 15 is 0 Å². The van der Waals surface area contributed by atoms with Gasteiger partial charge in [0.1, 0.15) is 5.82 Å². The number of nitrogen functional groups attached to an aromatic ring is 1. The molecule has 0 amide bonds. The van der Waals surface area contributed by atoms with Crippen molar-refractivity contribution in [3.8, 4) is 0 Å². The average molecular weight is 313 g/mol. The summed E-state index contributed by atoms with van der Waals surface area (Å²) >= 11 is 0. The topological polar surface area (TPSA) is 89.3 Å². The van der Waals surface area contributed by atoms with Gasteiger partial charge in [0.2, 0.25) is 0 Å². The van der Waals surface area contributed by atoms with Gasteiger partial charge in [-0.1, -0.05) is 12.6 Å². The zero-order valence-corrected chi connectivity index (χ0v) is 13.4. The molecule has 2 rings (SSSR count). The largest absolute Gasteiger partial charge is 0.399 e. The second-order valence-electron chi connectivity index (χ2n) is 5.24. The Balaban J connectivity index is 2.47. The van der Waals surface area contributed by atoms with Gasteiger partial charge >= 0.3 is 0 Å². The lowest BCUT2D eigenvalue weighted by Gasteiger charge is -2.14. The number of rotatable bonds is 4. The fourth-order valence-corrected chi connectivity index (χ4v) is 2.19. The maximum atomic E-state index is 13.6. The van der Waals surface area contributed by atoms with Gasteiger partial charge in [-0.15, -0.1) is 0 Å². The van der Waals surface area contributed by atoms with E-state index in [1.54, 1.807) is 7.05 Å². The predicted octanol–water partition coefficient (Wildman–Crippen LogP) is 3.22. The Labute approximate surface area is 134 Å². The summed E-state index contributed by atoms with van der Waals surface area (Å²) in [5.74, 6) is -0.468. The molecule has 1 aromatic heterocycles. The Morgan fingerprint density at radius 1 is 1.30 bits per heavy atom. The van der Waals surface area contributed by atoms with Gasteiger partial charge in [-0.05, 0) is 37.6 Å². The first-order valence-corrected chi connectivity index (χ1v) is 7.05. The van der Waals surface area contributed by atoms with Gasteiger partial charge in [0.05, 0.1) is 0 Å². The molecule has 0 aliphatic heterocycles. The molecule has 5 nitrogen and oxygen atoms in total. The first-order chi connectivity index (χ1) is 10.8. The molecule has 120 valence electrons. The normalized spacial score (nSPS) is 11.4. The molecule has 5 N–H and O–H groups in total. The van der Waals surface area contributed by atoms with Crippen LogP contribution >= 0.6 is 0 Å². The van der Waals surface area contributed by atoms with Gasteiger partial charge in [0.15, 0.2) is 11.6 Å². The summed E-state index contributed by atoms with van der Waals surface area (Å²) in [4.78, 5) is 8.24. The molecule has 0 fully saturated rings. The van der Waals surface area contributed by atoms with Crippen LogP contribution in [0.3, 0.4) is 0 Å². The van der Waals surface area contributed by atoms with Crippen molar-refractivity contribution in [3.05, 3.63) is 53.4 Å². The zero-order valence-electron chi connectivity index (χ0n) is 13.4. The first kappa shape index (κ1) is 16.5. The Kier molecular flexibility index (Phi) is 4.64. The summed E-state index contributed by atoms with van der Waals surface area (Å²) in [6, 6.07) is 7.03. The lowest BCUT2D eigenvalue weighted by atomic mass is 10.0. The highest BCUT2D eigenvalue weighted by Gasteiger charge is 2.12. The number of nitrogens with two attached hydrogens (primary N) is 2. The molecule has 0 aliphatic carbocycles. The van der Waals surface area contributed by atoms with Crippen molar-refractivity contribution in [3.63, 3.8) is 0 Å². The van der Waals surface area contributed by atoms with Crippen LogP contribution in [0.15, 0.2) is 35.8 Å². The van der Waals surface area contributed by atoms with Crippen molar-refractivity contribution in [2.24, 2.45) is 10.7 Å². The Morgan fingerprint density at radius 3 is 2.61 bits per heavy atom. The third-order valence-electron chi connectivity index (χ3n) is 3.57. The van der Waals surface area contributed by atoms with E-state index in [4.69, 9.17) is 11.5 Å². The average Bonchev–Trinajstić information content (AvgIpc) is 2.51. The molecule has 0 saturated heterocycles. The Hall–Kier alpha value is -2.89. The van der Waals surface area contributed by atoms with E-state index < -0.39 is 5.82 Å². The van der Waals surface area contributed by atoms with E-state index in [1.165, 1.54) is 6.07 Å². The van der Waals surface area contributed by atoms with E-state index in [-0.39, 0.29) is 11.5 Å². The third kappa shape index (κ3) is 3.48. The van der Waals surface area contributed by atoms with E-state index in [9.17, 15) is 4.39 Å². The van der Waals surface area contributed by atoms with Crippen LogP contribution in [0, 0.1) is 12.7 Å². The molecular weight excluding hydrogens is 293 g/mol. The van der Waals surface area contributed by atoms with Gasteiger partial charge in [-0.25, -0.2) is 9.37 Å². The lowest BCUT2D eigenvalue weighted by Crippen LogP contribution is -2.07. The van der Waals surface area contributed by atoms with Gasteiger partial charge in [0.25, 0.3) is 0 Å². The van der Waals surface area contributed by atoms with Crippen molar-refractivity contribution in [1.82, 2.24) is 4.98 Å². The number of nitrogens with zero attached hydrogens (tertiary/aromatic N) is 2. The summed E-state index contributed by atoms with van der Waals surface area (Å²) in [6.45, 7) is 7.59. The van der Waals surface area contributed by atoms with Crippen LogP contribution in [0.1, 0.15) is 23.6 Å². The number of nitrogens with one attached hydrogen (secondary N) is 1. The molecule has 0 spiro atoms. The first-order valence-electron chi connectivity index (χ1n) is 7.05. The lowest BCUT2D eigenvalue weighted by molar-refractivity contribution is 0.627. The number of aromatic nitrogens is 1. The van der Waals surface area contributed by atoms with Crippen LogP contribution < -0.4 is 16.8 Å². The van der Waals surface area contributed by atoms with Crippen LogP contribution in [-0.2, 0) is 0 Å². The molecule has 6 heteroatoms. The molecular formula is C17H20FN5. The number of aliphatic imine (C=N–C) groups is 1. The van der Waals surface area contributed by atoms with E-state index in [2.05, 4.69) is 21.9 Å². The molecule has 0 bridgehead atoms. The Bertz CT molecular complexity index is 796. The van der Waals surface area contributed by atoms with Crippen molar-refractivity contribution >= 4 is 28.7 Å². The second-order valence-corrected chi connectivity index (χ2v) is 5.24. The summed E-state index contributed by atoms with van der Waals surface area (Å²) in [5.41, 5.74) is 15.7. The zero-order chi connectivity index (χ0) is 17.1. The van der Waals surface area contributed by atoms with Crippen molar-refractivity contribution in [2.45, 2.75) is 13.8 Å². The predicted molar refractivity (Wildman–Crippen MR) is 94.4 cm³/mol. The van der Waals surface area contributed by atoms with Crippen molar-refractivity contribution < 1.29 is 4.39 Å². The fourth-order valence-electron chi connectivity index (χ4n) is 2.19. The van der Waals surface area contributed by atoms with Gasteiger partial charge in [-0.3, -0.25) is 4.99 Å². The van der Waals surface area contributed by atoms with Gasteiger partial charge in [-0.2, -0.15) is 0 Å². The van der Waals surface area contributed by atoms with Gasteiger partial charge < -0.3 is 16.8 Å². The van der Waals surface area contributed by atoms with E-state index in [1.807, 2.05) is 32.0 Å². The van der Waals surface area contributed by atoms with E-state index in [0.717, 1.165) is 22.5 Å². The fraction of sp³-hybridized carbons (Fsp3) is 0.176. The number of halogens is 1. The number of pyridine rings is 1. The minimum atomic E-state index is -0.629. The molecule has 1 heterocycles. The minimum Gasteiger partial charge on any atom is -0.399 e. The third-order valence-corrected chi connectivity index (χ3v) is 3.57. The number of hydrogen-bond donors (Lipinski definition) is 3. The molecule has 0 aliphatic rings. The molecule has 0 atom stereocenters. The number of anilines is 3. The van der Waals surface area contributed by atoms with E-state index in [0.29, 0.717) is 11.4 Å². The minimum absolute atomic E-state index is 0.198. The van der Waals surface area contributed by atoms with Crippen molar-refractivity contribution in [1.29, 1.82) is 0 Å². The second kappa shape index (κ2) is 6.48. The number of hydrogen-bond acceptors (Lipinski definition) is 5. The molecule has 0 saturated carbocycles. The highest BCUT2D eigenvalue weighted by molar-refractivity contribution is 6.00. The summed E-state index contributed by atoms with van der Waals surface area (Å²) in [7, 11) is 1.74. The van der Waals surface area contributed by atoms with Crippen LogP contribution in [0.4, 0.5) is 21.7 Å². The maximum Gasteiger partial charge on any atom is 0.166 e. The molecule has 2 aromatic rings. The highest BCUT2D eigenvalue weighted by Crippen LogP contribution is 2.26. The van der Waals surface area contributed by atoms with Crippen LogP contribution in [0.2, 0.25) is 0 Å². The van der Waals surface area contributed by atoms with Gasteiger partial charge in [0, 0.05) is 35.3 Å². The summed E-state index contributed by atoms with van der Waals surface area (Å²) in [5, 5.41) is 3.11. The Morgan fingerprint density at radius 2 is 2.00 bits per heavy atom. The maximum absolute atomic E-state index is 13.6. The SMILES string of the molecule is C=C(N)c1cc(F)c(N)nc1Nc1ccc(C)c(C(C)=NC)c1.